The number of hydrogen-bond acceptors (Lipinski definition) is 3. The van der Waals surface area contributed by atoms with Crippen LogP contribution < -0.4 is 5.32 Å². The summed E-state index contributed by atoms with van der Waals surface area (Å²) in [5.41, 5.74) is 0. The molecule has 0 aromatic heterocycles. The molecule has 1 fully saturated rings. The van der Waals surface area contributed by atoms with Gasteiger partial charge >= 0.3 is 12.0 Å². The van der Waals surface area contributed by atoms with Gasteiger partial charge in [0.15, 0.2) is 0 Å². The Hall–Kier alpha value is -1.30. The molecule has 98 valence electrons. The number of aliphatic hydroxyl groups is 1. The normalized spacial score (nSPS) is 23.8. The fraction of sp³-hybridized carbons (Fsp3) is 0.818. The number of aliphatic carboxylic acids is 1. The molecule has 6 nitrogen and oxygen atoms in total. The van der Waals surface area contributed by atoms with E-state index in [2.05, 4.69) is 12.2 Å². The number of unbranched alkanes of at least 4 members (excludes halogenated alkanes) is 2. The van der Waals surface area contributed by atoms with Gasteiger partial charge in [0.1, 0.15) is 6.04 Å². The van der Waals surface area contributed by atoms with Crippen LogP contribution in [-0.4, -0.2) is 52.3 Å². The Labute approximate surface area is 101 Å². The first kappa shape index (κ1) is 13.8. The van der Waals surface area contributed by atoms with Gasteiger partial charge in [0.2, 0.25) is 0 Å². The van der Waals surface area contributed by atoms with E-state index in [1.54, 1.807) is 0 Å². The van der Waals surface area contributed by atoms with Crippen molar-refractivity contribution >= 4 is 12.0 Å². The highest BCUT2D eigenvalue weighted by Crippen LogP contribution is 2.17. The smallest absolute Gasteiger partial charge is 0.326 e. The molecule has 0 aliphatic carbocycles. The number of amides is 2. The fourth-order valence-corrected chi connectivity index (χ4v) is 1.94. The summed E-state index contributed by atoms with van der Waals surface area (Å²) in [6.07, 6.45) is 2.35. The second-order valence-corrected chi connectivity index (χ2v) is 4.33. The van der Waals surface area contributed by atoms with Gasteiger partial charge in [-0.05, 0) is 6.42 Å². The van der Waals surface area contributed by atoms with Crippen LogP contribution in [0.4, 0.5) is 4.79 Å². The van der Waals surface area contributed by atoms with Crippen molar-refractivity contribution in [2.45, 2.75) is 44.8 Å². The van der Waals surface area contributed by atoms with E-state index in [9.17, 15) is 14.7 Å². The molecule has 0 unspecified atom stereocenters. The van der Waals surface area contributed by atoms with E-state index in [0.29, 0.717) is 6.54 Å². The highest BCUT2D eigenvalue weighted by atomic mass is 16.4. The lowest BCUT2D eigenvalue weighted by Crippen LogP contribution is -2.46. The summed E-state index contributed by atoms with van der Waals surface area (Å²) >= 11 is 0. The maximum atomic E-state index is 11.7. The quantitative estimate of drug-likeness (QED) is 0.611. The molecule has 0 bridgehead atoms. The van der Waals surface area contributed by atoms with Crippen LogP contribution in [0.3, 0.4) is 0 Å². The summed E-state index contributed by atoms with van der Waals surface area (Å²) in [5.74, 6) is -1.06. The maximum Gasteiger partial charge on any atom is 0.326 e. The molecule has 1 heterocycles. The lowest BCUT2D eigenvalue weighted by atomic mass is 10.2. The highest BCUT2D eigenvalue weighted by molar-refractivity contribution is 5.83. The Morgan fingerprint density at radius 2 is 2.12 bits per heavy atom. The van der Waals surface area contributed by atoms with Crippen molar-refractivity contribution in [2.24, 2.45) is 0 Å². The Balaban J connectivity index is 2.41. The molecule has 6 heteroatoms. The van der Waals surface area contributed by atoms with Crippen LogP contribution in [0.5, 0.6) is 0 Å². The second-order valence-electron chi connectivity index (χ2n) is 4.33. The Bertz CT molecular complexity index is 283. The van der Waals surface area contributed by atoms with Gasteiger partial charge in [-0.2, -0.15) is 0 Å². The van der Waals surface area contributed by atoms with Gasteiger partial charge in [0, 0.05) is 19.5 Å². The number of carboxylic acids is 1. The number of aliphatic hydroxyl groups excluding tert-OH is 1. The molecule has 0 aromatic carbocycles. The van der Waals surface area contributed by atoms with E-state index in [0.717, 1.165) is 19.3 Å². The largest absolute Gasteiger partial charge is 0.480 e. The molecule has 2 amide bonds. The minimum atomic E-state index is -1.06. The van der Waals surface area contributed by atoms with E-state index in [4.69, 9.17) is 5.11 Å². The van der Waals surface area contributed by atoms with Crippen molar-refractivity contribution in [1.29, 1.82) is 0 Å². The topological polar surface area (TPSA) is 89.9 Å². The number of nitrogens with zero attached hydrogens (tertiary/aromatic N) is 1. The summed E-state index contributed by atoms with van der Waals surface area (Å²) in [4.78, 5) is 23.8. The summed E-state index contributed by atoms with van der Waals surface area (Å²) in [6, 6.07) is -1.30. The molecule has 3 N–H and O–H groups in total. The number of carboxylic acid groups (broad SMARTS) is 1. The first-order valence-corrected chi connectivity index (χ1v) is 6.01. The molecular weight excluding hydrogens is 224 g/mol. The third-order valence-corrected chi connectivity index (χ3v) is 2.88. The Morgan fingerprint density at radius 1 is 1.41 bits per heavy atom. The zero-order chi connectivity index (χ0) is 12.8. The van der Waals surface area contributed by atoms with Crippen LogP contribution in [-0.2, 0) is 4.79 Å². The number of hydrogen-bond donors (Lipinski definition) is 3. The minimum Gasteiger partial charge on any atom is -0.480 e. The van der Waals surface area contributed by atoms with Crippen molar-refractivity contribution < 1.29 is 19.8 Å². The number of carbonyl (C=O) groups excluding carboxylic acids is 1. The van der Waals surface area contributed by atoms with Crippen molar-refractivity contribution in [3.63, 3.8) is 0 Å². The van der Waals surface area contributed by atoms with Gasteiger partial charge in [-0.3, -0.25) is 0 Å². The Kier molecular flexibility index (Phi) is 5.21. The van der Waals surface area contributed by atoms with Crippen LogP contribution >= 0.6 is 0 Å². The fourth-order valence-electron chi connectivity index (χ4n) is 1.94. The van der Waals surface area contributed by atoms with E-state index in [-0.39, 0.29) is 13.0 Å². The monoisotopic (exact) mass is 244 g/mol. The van der Waals surface area contributed by atoms with Gasteiger partial charge in [0.25, 0.3) is 0 Å². The first-order chi connectivity index (χ1) is 8.06. The zero-order valence-electron chi connectivity index (χ0n) is 10.1. The van der Waals surface area contributed by atoms with E-state index < -0.39 is 24.1 Å². The van der Waals surface area contributed by atoms with Gasteiger partial charge in [0.05, 0.1) is 6.10 Å². The SMILES string of the molecule is CCCCCNC(=O)N1C[C@H](O)C[C@H]1C(=O)O. The number of likely N-dealkylation sites (tertiary alicyclic amines) is 1. The molecule has 0 radical (unpaired) electrons. The summed E-state index contributed by atoms with van der Waals surface area (Å²) < 4.78 is 0. The number of rotatable bonds is 5. The average Bonchev–Trinajstić information content (AvgIpc) is 2.66. The predicted octanol–water partition coefficient (Wildman–Crippen LogP) is 0.406. The molecule has 1 rings (SSSR count). The van der Waals surface area contributed by atoms with Gasteiger partial charge in [-0.1, -0.05) is 19.8 Å². The zero-order valence-corrected chi connectivity index (χ0v) is 10.1. The molecule has 1 saturated heterocycles. The summed E-state index contributed by atoms with van der Waals surface area (Å²) in [7, 11) is 0. The maximum absolute atomic E-state index is 11.7. The third kappa shape index (κ3) is 3.89. The minimum absolute atomic E-state index is 0.0938. The Morgan fingerprint density at radius 3 is 2.71 bits per heavy atom. The lowest BCUT2D eigenvalue weighted by molar-refractivity contribution is -0.141. The van der Waals surface area contributed by atoms with Gasteiger partial charge in [-0.25, -0.2) is 9.59 Å². The van der Waals surface area contributed by atoms with Crippen molar-refractivity contribution in [3.8, 4) is 0 Å². The molecule has 1 aliphatic rings. The van der Waals surface area contributed by atoms with E-state index in [1.807, 2.05) is 0 Å². The first-order valence-electron chi connectivity index (χ1n) is 6.01. The number of nitrogens with one attached hydrogen (secondary N) is 1. The molecule has 1 aliphatic heterocycles. The standard InChI is InChI=1S/C11H20N2O4/c1-2-3-4-5-12-11(17)13-7-8(14)6-9(13)10(15)16/h8-9,14H,2-7H2,1H3,(H,12,17)(H,15,16)/t8-,9+/m1/s1. The number of β-amino-alcohol motifs (C(OH)–C–C–N with tert-alkyl or cyclic N) is 1. The van der Waals surface area contributed by atoms with Crippen LogP contribution in [0.1, 0.15) is 32.6 Å². The van der Waals surface area contributed by atoms with E-state index >= 15 is 0 Å². The number of carbonyl (C=O) groups is 2. The highest BCUT2D eigenvalue weighted by Gasteiger charge is 2.38. The lowest BCUT2D eigenvalue weighted by Gasteiger charge is -2.21. The van der Waals surface area contributed by atoms with Crippen LogP contribution in [0.15, 0.2) is 0 Å². The van der Waals surface area contributed by atoms with Crippen molar-refractivity contribution in [3.05, 3.63) is 0 Å². The average molecular weight is 244 g/mol. The summed E-state index contributed by atoms with van der Waals surface area (Å²) in [6.45, 7) is 2.71. The van der Waals surface area contributed by atoms with Crippen LogP contribution in [0, 0.1) is 0 Å². The molecular formula is C11H20N2O4. The molecule has 0 aromatic rings. The second kappa shape index (κ2) is 6.44. The summed E-state index contributed by atoms with van der Waals surface area (Å²) in [5, 5.41) is 21.0. The molecule has 2 atom stereocenters. The van der Waals surface area contributed by atoms with Crippen LogP contribution in [0.2, 0.25) is 0 Å². The van der Waals surface area contributed by atoms with Crippen molar-refractivity contribution in [2.75, 3.05) is 13.1 Å². The predicted molar refractivity (Wildman–Crippen MR) is 61.7 cm³/mol. The third-order valence-electron chi connectivity index (χ3n) is 2.88. The molecule has 0 saturated carbocycles. The van der Waals surface area contributed by atoms with Crippen molar-refractivity contribution in [1.82, 2.24) is 10.2 Å². The number of urea groups is 1. The van der Waals surface area contributed by atoms with Crippen LogP contribution in [0.25, 0.3) is 0 Å². The molecule has 17 heavy (non-hydrogen) atoms. The van der Waals surface area contributed by atoms with Gasteiger partial charge in [-0.15, -0.1) is 0 Å². The molecule has 0 spiro atoms. The van der Waals surface area contributed by atoms with E-state index in [1.165, 1.54) is 4.90 Å². The van der Waals surface area contributed by atoms with Gasteiger partial charge < -0.3 is 20.4 Å².